The molecule has 246 valence electrons. The van der Waals surface area contributed by atoms with Gasteiger partial charge in [-0.1, -0.05) is 56.1 Å². The first kappa shape index (κ1) is 40.7. The van der Waals surface area contributed by atoms with E-state index in [-0.39, 0.29) is 51.2 Å². The summed E-state index contributed by atoms with van der Waals surface area (Å²) in [6, 6.07) is 11.9. The summed E-state index contributed by atoms with van der Waals surface area (Å²) in [6.07, 6.45) is 10.7. The fourth-order valence-electron chi connectivity index (χ4n) is 3.52. The largest absolute Gasteiger partial charge is 1.00 e. The molecule has 6 aromatic heterocycles. The summed E-state index contributed by atoms with van der Waals surface area (Å²) in [7, 11) is 0. The minimum atomic E-state index is 0. The van der Waals surface area contributed by atoms with Crippen molar-refractivity contribution in [3.63, 3.8) is 0 Å². The van der Waals surface area contributed by atoms with Gasteiger partial charge in [-0.3, -0.25) is 15.0 Å². The van der Waals surface area contributed by atoms with Crippen LogP contribution in [-0.4, -0.2) is 30.2 Å². The van der Waals surface area contributed by atoms with Crippen LogP contribution in [0.1, 0.15) is 34.2 Å². The third-order valence-corrected chi connectivity index (χ3v) is 9.54. The summed E-state index contributed by atoms with van der Waals surface area (Å²) < 4.78 is 0. The molecule has 6 rings (SSSR count). The Bertz CT molecular complexity index is 1420. The van der Waals surface area contributed by atoms with Crippen LogP contribution < -0.4 is 15.3 Å². The van der Waals surface area contributed by atoms with Gasteiger partial charge in [0.2, 0.25) is 0 Å². The van der Waals surface area contributed by atoms with Crippen LogP contribution in [0.3, 0.4) is 0 Å². The van der Waals surface area contributed by atoms with Crippen LogP contribution in [0, 0.1) is 41.5 Å². The van der Waals surface area contributed by atoms with E-state index in [1.165, 1.54) is 14.7 Å². The molecule has 6 aromatic rings. The maximum Gasteiger partial charge on any atom is 1.00 e. The average molecular weight is 803 g/mol. The number of pyridine rings is 3. The van der Waals surface area contributed by atoms with E-state index in [4.69, 9.17) is 0 Å². The molecule has 0 saturated carbocycles. The minimum Gasteiger partial charge on any atom is -0.578 e. The Balaban J connectivity index is 0.000000327. The topological polar surface area (TPSA) is 120 Å². The van der Waals surface area contributed by atoms with Crippen LogP contribution >= 0.6 is 35.3 Å². The molecule has 0 aliphatic rings. The zero-order valence-electron chi connectivity index (χ0n) is 25.1. The van der Waals surface area contributed by atoms with Crippen LogP contribution in [0.5, 0.6) is 0 Å². The molecule has 0 bridgehead atoms. The van der Waals surface area contributed by atoms with Gasteiger partial charge in [0, 0.05) is 83.6 Å². The first-order valence-electron chi connectivity index (χ1n) is 12.9. The predicted molar refractivity (Wildman–Crippen MR) is 166 cm³/mol. The summed E-state index contributed by atoms with van der Waals surface area (Å²) in [5.74, 6) is 0. The van der Waals surface area contributed by atoms with Gasteiger partial charge in [0.15, 0.2) is 0 Å². The maximum absolute atomic E-state index is 4.03. The van der Waals surface area contributed by atoms with Gasteiger partial charge in [-0.25, -0.2) is 0 Å². The second-order valence-electron chi connectivity index (χ2n) is 8.95. The molecular formula is C30H30Cu3N9S3. The van der Waals surface area contributed by atoms with Gasteiger partial charge in [0.05, 0.1) is 0 Å². The Morgan fingerprint density at radius 3 is 0.800 bits per heavy atom. The average Bonchev–Trinajstić information content (AvgIpc) is 3.63. The number of aryl methyl sites for hydroxylation is 6. The molecule has 9 nitrogen and oxygen atoms in total. The van der Waals surface area contributed by atoms with Crippen LogP contribution in [0.2, 0.25) is 0 Å². The summed E-state index contributed by atoms with van der Waals surface area (Å²) in [5, 5.41) is 24.2. The molecule has 45 heavy (non-hydrogen) atoms. The van der Waals surface area contributed by atoms with E-state index in [1.54, 1.807) is 72.5 Å². The van der Waals surface area contributed by atoms with Crippen LogP contribution in [-0.2, 0) is 51.2 Å². The van der Waals surface area contributed by atoms with Crippen molar-refractivity contribution in [2.24, 2.45) is 0 Å². The summed E-state index contributed by atoms with van der Waals surface area (Å²) in [4.78, 5) is 18.9. The Morgan fingerprint density at radius 1 is 0.400 bits per heavy atom. The van der Waals surface area contributed by atoms with Crippen molar-refractivity contribution in [3.05, 3.63) is 108 Å². The third-order valence-electron chi connectivity index (χ3n) is 5.63. The van der Waals surface area contributed by atoms with Crippen molar-refractivity contribution in [1.29, 1.82) is 0 Å². The first-order chi connectivity index (χ1) is 20.3. The van der Waals surface area contributed by atoms with Crippen molar-refractivity contribution in [3.8, 4) is 0 Å². The normalized spacial score (nSPS) is 9.73. The summed E-state index contributed by atoms with van der Waals surface area (Å²) in [6.45, 7) is 11.9. The fourth-order valence-corrected chi connectivity index (χ4v) is 6.14. The van der Waals surface area contributed by atoms with Gasteiger partial charge in [0.25, 0.3) is 0 Å². The van der Waals surface area contributed by atoms with E-state index in [0.717, 1.165) is 48.9 Å². The van der Waals surface area contributed by atoms with Crippen molar-refractivity contribution < 1.29 is 51.2 Å². The molecule has 0 atom stereocenters. The second-order valence-corrected chi connectivity index (χ2v) is 12.2. The van der Waals surface area contributed by atoms with E-state index < -0.39 is 0 Å². The molecule has 0 radical (unpaired) electrons. The molecule has 6 heterocycles. The molecule has 0 spiro atoms. The third kappa shape index (κ3) is 12.4. The molecule has 0 fully saturated rings. The van der Waals surface area contributed by atoms with Gasteiger partial charge in [-0.05, 0) is 57.2 Å². The smallest absolute Gasteiger partial charge is 0.578 e. The zero-order chi connectivity index (χ0) is 29.9. The molecule has 0 N–H and O–H groups in total. The first-order valence-corrected chi connectivity index (χ1v) is 15.4. The molecule has 0 aliphatic carbocycles. The van der Waals surface area contributed by atoms with E-state index in [2.05, 4.69) is 45.5 Å². The van der Waals surface area contributed by atoms with E-state index in [1.807, 2.05) is 77.9 Å². The van der Waals surface area contributed by atoms with Gasteiger partial charge in [0.1, 0.15) is 0 Å². The van der Waals surface area contributed by atoms with Gasteiger partial charge >= 0.3 is 51.2 Å². The second kappa shape index (κ2) is 20.7. The number of aromatic nitrogens is 9. The number of nitrogens with zero attached hydrogens (tertiary/aromatic N) is 9. The van der Waals surface area contributed by atoms with E-state index in [0.29, 0.717) is 0 Å². The molecule has 0 unspecified atom stereocenters. The maximum atomic E-state index is 4.03. The van der Waals surface area contributed by atoms with Crippen molar-refractivity contribution >= 4 is 35.3 Å². The number of hydrogen-bond donors (Lipinski definition) is 0. The Morgan fingerprint density at radius 2 is 0.622 bits per heavy atom. The van der Waals surface area contributed by atoms with Crippen molar-refractivity contribution in [2.75, 3.05) is 0 Å². The van der Waals surface area contributed by atoms with Crippen LogP contribution in [0.15, 0.2) is 103 Å². The molecule has 15 heteroatoms. The van der Waals surface area contributed by atoms with Crippen LogP contribution in [0.25, 0.3) is 0 Å². The Kier molecular flexibility index (Phi) is 18.8. The van der Waals surface area contributed by atoms with E-state index in [9.17, 15) is 0 Å². The van der Waals surface area contributed by atoms with Gasteiger partial charge in [-0.2, -0.15) is 0 Å². The minimum absolute atomic E-state index is 0. The Labute approximate surface area is 308 Å². The number of rotatable bonds is 6. The number of hydrogen-bond acceptors (Lipinski definition) is 9. The quantitative estimate of drug-likeness (QED) is 0.169. The summed E-state index contributed by atoms with van der Waals surface area (Å²) >= 11 is 5.05. The monoisotopic (exact) mass is 801 g/mol. The molecular weight excluding hydrogens is 773 g/mol. The van der Waals surface area contributed by atoms with Crippen LogP contribution in [0.4, 0.5) is 0 Å². The van der Waals surface area contributed by atoms with Crippen molar-refractivity contribution in [2.45, 2.75) is 70.9 Å². The predicted octanol–water partition coefficient (Wildman–Crippen LogP) is 6.60. The molecule has 0 aliphatic heterocycles. The standard InChI is InChI=1S/3C10H10N3S.3Cu/c3*1-7-10(8(2)13-12-7)14-9-3-5-11-6-4-9;;;/h3*3-6H,1-2H3;;;/q3*-1;3*+1. The Hall–Kier alpha value is -2.31. The zero-order valence-corrected chi connectivity index (χ0v) is 30.4. The van der Waals surface area contributed by atoms with Gasteiger partial charge < -0.3 is 30.6 Å². The molecule has 0 aromatic carbocycles. The van der Waals surface area contributed by atoms with E-state index >= 15 is 0 Å². The molecule has 0 amide bonds. The SMILES string of the molecule is Cc1n[n-]c(C)c1Sc1ccncc1.Cc1n[n-]c(C)c1Sc1ccncc1.Cc1n[n-]c(C)c1Sc1ccncc1.[Cu+].[Cu+].[Cu+]. The molecule has 0 saturated heterocycles. The summed E-state index contributed by atoms with van der Waals surface area (Å²) in [5.41, 5.74) is 5.94. The van der Waals surface area contributed by atoms with Gasteiger partial charge in [-0.15, -0.1) is 17.1 Å². The fraction of sp³-hybridized carbons (Fsp3) is 0.200. The van der Waals surface area contributed by atoms with Crippen molar-refractivity contribution in [1.82, 2.24) is 45.5 Å².